The van der Waals surface area contributed by atoms with E-state index in [1.807, 2.05) is 0 Å². The van der Waals surface area contributed by atoms with Gasteiger partial charge < -0.3 is 11.1 Å². The van der Waals surface area contributed by atoms with Crippen molar-refractivity contribution in [2.24, 2.45) is 11.7 Å². The van der Waals surface area contributed by atoms with Crippen LogP contribution in [0, 0.1) is 5.92 Å². The summed E-state index contributed by atoms with van der Waals surface area (Å²) in [6, 6.07) is 4.73. The Hall–Kier alpha value is -1.26. The molecule has 92 valence electrons. The molecule has 0 fully saturated rings. The first-order valence-corrected chi connectivity index (χ1v) is 5.70. The highest BCUT2D eigenvalue weighted by atomic mass is 35.5. The average Bonchev–Trinajstić information content (AvgIpc) is 2.22. The molecule has 0 saturated carbocycles. The van der Waals surface area contributed by atoms with Gasteiger partial charge in [0.1, 0.15) is 0 Å². The molecule has 0 heterocycles. The third-order valence-corrected chi connectivity index (χ3v) is 2.73. The van der Waals surface area contributed by atoms with Gasteiger partial charge in [0.05, 0.1) is 10.7 Å². The summed E-state index contributed by atoms with van der Waals surface area (Å²) < 4.78 is 0. The summed E-state index contributed by atoms with van der Waals surface area (Å²) in [6.07, 6.45) is 0.0221. The third-order valence-electron chi connectivity index (χ3n) is 2.18. The van der Waals surface area contributed by atoms with Crippen LogP contribution in [0.5, 0.6) is 0 Å². The van der Waals surface area contributed by atoms with Gasteiger partial charge >= 0.3 is 0 Å². The number of hydrogen-bond donors (Lipinski definition) is 2. The minimum absolute atomic E-state index is 0.0221. The Morgan fingerprint density at radius 1 is 1.41 bits per heavy atom. The Bertz CT molecular complexity index is 449. The van der Waals surface area contributed by atoms with E-state index in [1.165, 1.54) is 6.07 Å². The molecule has 1 unspecified atom stereocenters. The van der Waals surface area contributed by atoms with E-state index in [4.69, 9.17) is 28.9 Å². The van der Waals surface area contributed by atoms with Gasteiger partial charge in [-0.25, -0.2) is 0 Å². The van der Waals surface area contributed by atoms with Gasteiger partial charge in [0, 0.05) is 17.4 Å². The molecular formula is C11H12Cl2N2O2. The number of carbonyl (C=O) groups is 2. The maximum atomic E-state index is 11.6. The van der Waals surface area contributed by atoms with Crippen molar-refractivity contribution < 1.29 is 9.59 Å². The first kappa shape index (κ1) is 13.8. The van der Waals surface area contributed by atoms with Crippen molar-refractivity contribution in [1.29, 1.82) is 0 Å². The highest BCUT2D eigenvalue weighted by Gasteiger charge is 2.14. The van der Waals surface area contributed by atoms with Crippen molar-refractivity contribution in [1.82, 2.24) is 0 Å². The van der Waals surface area contributed by atoms with E-state index in [0.717, 1.165) is 0 Å². The maximum Gasteiger partial charge on any atom is 0.225 e. The number of nitrogens with one attached hydrogen (secondary N) is 1. The normalized spacial score (nSPS) is 11.9. The molecule has 0 aliphatic carbocycles. The lowest BCUT2D eigenvalue weighted by Crippen LogP contribution is -2.25. The van der Waals surface area contributed by atoms with Crippen LogP contribution in [0.1, 0.15) is 13.3 Å². The number of amides is 2. The minimum Gasteiger partial charge on any atom is -0.369 e. The summed E-state index contributed by atoms with van der Waals surface area (Å²) >= 11 is 11.6. The van der Waals surface area contributed by atoms with E-state index in [9.17, 15) is 9.59 Å². The van der Waals surface area contributed by atoms with Crippen LogP contribution in [0.4, 0.5) is 5.69 Å². The fourth-order valence-corrected chi connectivity index (χ4v) is 1.63. The molecule has 6 heteroatoms. The minimum atomic E-state index is -0.513. The molecule has 3 N–H and O–H groups in total. The third kappa shape index (κ3) is 4.24. The van der Waals surface area contributed by atoms with Crippen LogP contribution < -0.4 is 11.1 Å². The quantitative estimate of drug-likeness (QED) is 0.885. The second kappa shape index (κ2) is 5.89. The van der Waals surface area contributed by atoms with Gasteiger partial charge in [0.25, 0.3) is 0 Å². The van der Waals surface area contributed by atoms with E-state index < -0.39 is 11.8 Å². The molecule has 1 aromatic carbocycles. The molecular weight excluding hydrogens is 263 g/mol. The molecule has 17 heavy (non-hydrogen) atoms. The molecule has 0 aromatic heterocycles. The van der Waals surface area contributed by atoms with E-state index in [-0.39, 0.29) is 12.3 Å². The standard InChI is InChI=1S/C11H12Cl2N2O2/c1-6(11(14)17)4-10(16)15-9-3-2-7(12)5-8(9)13/h2-3,5-6H,4H2,1H3,(H2,14,17)(H,15,16). The summed E-state index contributed by atoms with van der Waals surface area (Å²) in [5.74, 6) is -1.34. The van der Waals surface area contributed by atoms with Crippen molar-refractivity contribution >= 4 is 40.7 Å². The Morgan fingerprint density at radius 3 is 2.59 bits per heavy atom. The van der Waals surface area contributed by atoms with Crippen LogP contribution in [-0.2, 0) is 9.59 Å². The molecule has 0 radical (unpaired) electrons. The van der Waals surface area contributed by atoms with E-state index in [1.54, 1.807) is 19.1 Å². The van der Waals surface area contributed by atoms with E-state index in [2.05, 4.69) is 5.32 Å². The lowest BCUT2D eigenvalue weighted by Gasteiger charge is -2.09. The van der Waals surface area contributed by atoms with Crippen molar-refractivity contribution in [3.8, 4) is 0 Å². The topological polar surface area (TPSA) is 72.2 Å². The van der Waals surface area contributed by atoms with Crippen molar-refractivity contribution in [3.63, 3.8) is 0 Å². The number of halogens is 2. The van der Waals surface area contributed by atoms with Crippen molar-refractivity contribution in [2.45, 2.75) is 13.3 Å². The molecule has 1 atom stereocenters. The number of nitrogens with two attached hydrogens (primary N) is 1. The molecule has 0 spiro atoms. The average molecular weight is 275 g/mol. The number of rotatable bonds is 4. The zero-order valence-corrected chi connectivity index (χ0v) is 10.7. The van der Waals surface area contributed by atoms with Crippen molar-refractivity contribution in [2.75, 3.05) is 5.32 Å². The van der Waals surface area contributed by atoms with Crippen LogP contribution in [0.3, 0.4) is 0 Å². The monoisotopic (exact) mass is 274 g/mol. The van der Waals surface area contributed by atoms with Gasteiger partial charge in [0.2, 0.25) is 11.8 Å². The first-order chi connectivity index (χ1) is 7.90. The second-order valence-corrected chi connectivity index (χ2v) is 4.52. The molecule has 0 aliphatic heterocycles. The molecule has 0 bridgehead atoms. The lowest BCUT2D eigenvalue weighted by atomic mass is 10.1. The molecule has 1 aromatic rings. The highest BCUT2D eigenvalue weighted by molar-refractivity contribution is 6.36. The van der Waals surface area contributed by atoms with Crippen LogP contribution in [0.15, 0.2) is 18.2 Å². The highest BCUT2D eigenvalue weighted by Crippen LogP contribution is 2.25. The summed E-state index contributed by atoms with van der Waals surface area (Å²) in [6.45, 7) is 1.59. The molecule has 0 aliphatic rings. The summed E-state index contributed by atoms with van der Waals surface area (Å²) in [5.41, 5.74) is 5.52. The smallest absolute Gasteiger partial charge is 0.225 e. The Kier molecular flexibility index (Phi) is 4.78. The van der Waals surface area contributed by atoms with Gasteiger partial charge in [-0.1, -0.05) is 30.1 Å². The number of carbonyl (C=O) groups excluding carboxylic acids is 2. The molecule has 0 saturated heterocycles. The molecule has 1 rings (SSSR count). The lowest BCUT2D eigenvalue weighted by molar-refractivity contribution is -0.125. The Morgan fingerprint density at radius 2 is 2.06 bits per heavy atom. The van der Waals surface area contributed by atoms with Crippen LogP contribution in [0.2, 0.25) is 10.0 Å². The van der Waals surface area contributed by atoms with Gasteiger partial charge in [-0.15, -0.1) is 0 Å². The van der Waals surface area contributed by atoms with Crippen LogP contribution in [0.25, 0.3) is 0 Å². The Balaban J connectivity index is 2.65. The second-order valence-electron chi connectivity index (χ2n) is 3.68. The number of benzene rings is 1. The van der Waals surface area contributed by atoms with Gasteiger partial charge in [-0.3, -0.25) is 9.59 Å². The number of hydrogen-bond acceptors (Lipinski definition) is 2. The fourth-order valence-electron chi connectivity index (χ4n) is 1.17. The summed E-state index contributed by atoms with van der Waals surface area (Å²) in [4.78, 5) is 22.4. The molecule has 4 nitrogen and oxygen atoms in total. The van der Waals surface area contributed by atoms with Gasteiger partial charge in [-0.2, -0.15) is 0 Å². The zero-order chi connectivity index (χ0) is 13.0. The van der Waals surface area contributed by atoms with Gasteiger partial charge in [-0.05, 0) is 18.2 Å². The van der Waals surface area contributed by atoms with E-state index in [0.29, 0.717) is 15.7 Å². The van der Waals surface area contributed by atoms with E-state index >= 15 is 0 Å². The summed E-state index contributed by atoms with van der Waals surface area (Å²) in [7, 11) is 0. The predicted molar refractivity (Wildman–Crippen MR) is 68.1 cm³/mol. The number of anilines is 1. The SMILES string of the molecule is CC(CC(=O)Nc1ccc(Cl)cc1Cl)C(N)=O. The van der Waals surface area contributed by atoms with Crippen LogP contribution in [-0.4, -0.2) is 11.8 Å². The molecule has 2 amide bonds. The van der Waals surface area contributed by atoms with Crippen LogP contribution >= 0.6 is 23.2 Å². The Labute approximate surface area is 109 Å². The van der Waals surface area contributed by atoms with Crippen molar-refractivity contribution in [3.05, 3.63) is 28.2 Å². The first-order valence-electron chi connectivity index (χ1n) is 4.94. The fraction of sp³-hybridized carbons (Fsp3) is 0.273. The maximum absolute atomic E-state index is 11.6. The van der Waals surface area contributed by atoms with Gasteiger partial charge in [0.15, 0.2) is 0 Å². The zero-order valence-electron chi connectivity index (χ0n) is 9.17. The predicted octanol–water partition coefficient (Wildman–Crippen LogP) is 2.44. The number of primary amides is 1. The largest absolute Gasteiger partial charge is 0.369 e. The summed E-state index contributed by atoms with van der Waals surface area (Å²) in [5, 5.41) is 3.42.